The van der Waals surface area contributed by atoms with Crippen LogP contribution < -0.4 is 0 Å². The lowest BCUT2D eigenvalue weighted by Gasteiger charge is -2.40. The highest BCUT2D eigenvalue weighted by atomic mass is 16.3. The average molecular weight is 210 g/mol. The van der Waals surface area contributed by atoms with Gasteiger partial charge in [-0.1, -0.05) is 46.0 Å². The molecule has 2 fully saturated rings. The normalized spacial score (nSPS) is 37.0. The van der Waals surface area contributed by atoms with Gasteiger partial charge in [0, 0.05) is 0 Å². The topological polar surface area (TPSA) is 20.2 Å². The maximum atomic E-state index is 10.8. The molecule has 0 heterocycles. The van der Waals surface area contributed by atoms with Crippen molar-refractivity contribution < 1.29 is 5.11 Å². The molecule has 0 radical (unpaired) electrons. The minimum Gasteiger partial charge on any atom is -0.389 e. The van der Waals surface area contributed by atoms with Gasteiger partial charge in [-0.25, -0.2) is 0 Å². The Hall–Kier alpha value is -0.0400. The Balaban J connectivity index is 1.97. The maximum absolute atomic E-state index is 10.8. The fourth-order valence-electron chi connectivity index (χ4n) is 3.64. The summed E-state index contributed by atoms with van der Waals surface area (Å²) < 4.78 is 0. The van der Waals surface area contributed by atoms with E-state index in [0.29, 0.717) is 0 Å². The van der Waals surface area contributed by atoms with Crippen molar-refractivity contribution >= 4 is 0 Å². The largest absolute Gasteiger partial charge is 0.389 e. The molecule has 0 aromatic heterocycles. The highest BCUT2D eigenvalue weighted by Crippen LogP contribution is 2.50. The van der Waals surface area contributed by atoms with Crippen molar-refractivity contribution in [3.63, 3.8) is 0 Å². The highest BCUT2D eigenvalue weighted by molar-refractivity contribution is 4.99. The molecule has 1 N–H and O–H groups in total. The van der Waals surface area contributed by atoms with Crippen molar-refractivity contribution in [1.29, 1.82) is 0 Å². The van der Waals surface area contributed by atoms with Gasteiger partial charge >= 0.3 is 0 Å². The molecule has 0 amide bonds. The second kappa shape index (κ2) is 4.08. The molecular formula is C14H26O. The number of hydrogen-bond donors (Lipinski definition) is 1. The molecule has 2 saturated carbocycles. The zero-order chi connectivity index (χ0) is 10.9. The molecule has 1 heteroatoms. The van der Waals surface area contributed by atoms with E-state index in [1.54, 1.807) is 0 Å². The Kier molecular flexibility index (Phi) is 3.12. The predicted molar refractivity (Wildman–Crippen MR) is 63.8 cm³/mol. The quantitative estimate of drug-likeness (QED) is 0.733. The van der Waals surface area contributed by atoms with E-state index in [1.807, 2.05) is 0 Å². The molecule has 1 unspecified atom stereocenters. The van der Waals surface area contributed by atoms with Crippen molar-refractivity contribution in [3.8, 4) is 0 Å². The van der Waals surface area contributed by atoms with Crippen molar-refractivity contribution in [2.24, 2.45) is 11.3 Å². The average Bonchev–Trinajstić information content (AvgIpc) is 2.43. The van der Waals surface area contributed by atoms with Crippen LogP contribution in [0.5, 0.6) is 0 Å². The van der Waals surface area contributed by atoms with Crippen LogP contribution in [-0.2, 0) is 0 Å². The summed E-state index contributed by atoms with van der Waals surface area (Å²) >= 11 is 0. The van der Waals surface area contributed by atoms with Crippen LogP contribution in [0.4, 0.5) is 0 Å². The molecule has 0 bridgehead atoms. The molecular weight excluding hydrogens is 184 g/mol. The molecule has 88 valence electrons. The third-order valence-electron chi connectivity index (χ3n) is 5.00. The van der Waals surface area contributed by atoms with Crippen LogP contribution in [0.15, 0.2) is 0 Å². The van der Waals surface area contributed by atoms with Crippen LogP contribution in [0.25, 0.3) is 0 Å². The Morgan fingerprint density at radius 1 is 1.00 bits per heavy atom. The minimum atomic E-state index is -0.352. The summed E-state index contributed by atoms with van der Waals surface area (Å²) in [5.41, 5.74) is -0.195. The van der Waals surface area contributed by atoms with Crippen molar-refractivity contribution in [2.75, 3.05) is 0 Å². The van der Waals surface area contributed by atoms with Gasteiger partial charge < -0.3 is 5.11 Å². The van der Waals surface area contributed by atoms with Crippen molar-refractivity contribution in [2.45, 2.75) is 77.2 Å². The zero-order valence-corrected chi connectivity index (χ0v) is 10.4. The van der Waals surface area contributed by atoms with Gasteiger partial charge in [0.15, 0.2) is 0 Å². The highest BCUT2D eigenvalue weighted by Gasteiger charge is 2.48. The van der Waals surface area contributed by atoms with E-state index in [1.165, 1.54) is 44.9 Å². The standard InChI is InChI=1S/C14H26O/c1-13(2)9-6-10-14(13,15)11-12-7-4-3-5-8-12/h12,15H,3-11H2,1-2H3. The first-order valence-electron chi connectivity index (χ1n) is 6.76. The van der Waals surface area contributed by atoms with E-state index >= 15 is 0 Å². The second-order valence-corrected chi connectivity index (χ2v) is 6.48. The summed E-state index contributed by atoms with van der Waals surface area (Å²) in [4.78, 5) is 0. The molecule has 1 atom stereocenters. The summed E-state index contributed by atoms with van der Waals surface area (Å²) in [5.74, 6) is 0.807. The van der Waals surface area contributed by atoms with Gasteiger partial charge in [0.25, 0.3) is 0 Å². The zero-order valence-electron chi connectivity index (χ0n) is 10.4. The van der Waals surface area contributed by atoms with Crippen LogP contribution in [-0.4, -0.2) is 10.7 Å². The summed E-state index contributed by atoms with van der Waals surface area (Å²) in [7, 11) is 0. The second-order valence-electron chi connectivity index (χ2n) is 6.48. The van der Waals surface area contributed by atoms with Crippen molar-refractivity contribution in [3.05, 3.63) is 0 Å². The predicted octanol–water partition coefficient (Wildman–Crippen LogP) is 3.90. The van der Waals surface area contributed by atoms with Crippen molar-refractivity contribution in [1.82, 2.24) is 0 Å². The third kappa shape index (κ3) is 2.22. The monoisotopic (exact) mass is 210 g/mol. The molecule has 15 heavy (non-hydrogen) atoms. The van der Waals surface area contributed by atoms with Gasteiger partial charge in [0.1, 0.15) is 0 Å². The fraction of sp³-hybridized carbons (Fsp3) is 1.00. The summed E-state index contributed by atoms with van der Waals surface area (Å²) in [6.07, 6.45) is 11.4. The van der Waals surface area contributed by atoms with Gasteiger partial charge in [-0.05, 0) is 37.0 Å². The van der Waals surface area contributed by atoms with E-state index in [9.17, 15) is 5.11 Å². The van der Waals surface area contributed by atoms with Crippen LogP contribution in [0.3, 0.4) is 0 Å². The lowest BCUT2D eigenvalue weighted by molar-refractivity contribution is -0.0643. The SMILES string of the molecule is CC1(C)CCCC1(O)CC1CCCCC1. The maximum Gasteiger partial charge on any atom is 0.0701 e. The van der Waals surface area contributed by atoms with E-state index in [2.05, 4.69) is 13.8 Å². The molecule has 2 aliphatic rings. The van der Waals surface area contributed by atoms with E-state index < -0.39 is 0 Å². The van der Waals surface area contributed by atoms with Gasteiger partial charge in [0.05, 0.1) is 5.60 Å². The molecule has 0 aromatic rings. The number of hydrogen-bond acceptors (Lipinski definition) is 1. The van der Waals surface area contributed by atoms with Crippen LogP contribution in [0.1, 0.15) is 71.6 Å². The summed E-state index contributed by atoms with van der Waals surface area (Å²) in [6.45, 7) is 4.51. The van der Waals surface area contributed by atoms with Gasteiger partial charge in [-0.3, -0.25) is 0 Å². The Morgan fingerprint density at radius 3 is 2.20 bits per heavy atom. The lowest BCUT2D eigenvalue weighted by atomic mass is 9.70. The summed E-state index contributed by atoms with van der Waals surface area (Å²) in [6, 6.07) is 0. The fourth-order valence-corrected chi connectivity index (χ4v) is 3.64. The molecule has 2 rings (SSSR count). The Labute approximate surface area is 94.3 Å². The Morgan fingerprint density at radius 2 is 1.67 bits per heavy atom. The van der Waals surface area contributed by atoms with E-state index in [-0.39, 0.29) is 11.0 Å². The van der Waals surface area contributed by atoms with Crippen LogP contribution in [0, 0.1) is 11.3 Å². The number of aliphatic hydroxyl groups is 1. The first-order valence-corrected chi connectivity index (χ1v) is 6.76. The molecule has 0 aromatic carbocycles. The lowest BCUT2D eigenvalue weighted by Crippen LogP contribution is -2.41. The van der Waals surface area contributed by atoms with Gasteiger partial charge in [0.2, 0.25) is 0 Å². The van der Waals surface area contributed by atoms with E-state index in [4.69, 9.17) is 0 Å². The van der Waals surface area contributed by atoms with E-state index in [0.717, 1.165) is 18.8 Å². The van der Waals surface area contributed by atoms with Crippen LogP contribution in [0.2, 0.25) is 0 Å². The van der Waals surface area contributed by atoms with Gasteiger partial charge in [-0.15, -0.1) is 0 Å². The third-order valence-corrected chi connectivity index (χ3v) is 5.00. The Bertz CT molecular complexity index is 215. The molecule has 1 nitrogen and oxygen atoms in total. The first-order chi connectivity index (χ1) is 7.04. The van der Waals surface area contributed by atoms with Crippen LogP contribution >= 0.6 is 0 Å². The molecule has 0 aliphatic heterocycles. The first kappa shape index (κ1) is 11.4. The smallest absolute Gasteiger partial charge is 0.0701 e. The number of rotatable bonds is 2. The molecule has 2 aliphatic carbocycles. The minimum absolute atomic E-state index is 0.157. The molecule has 0 saturated heterocycles. The van der Waals surface area contributed by atoms with Gasteiger partial charge in [-0.2, -0.15) is 0 Å². The summed E-state index contributed by atoms with van der Waals surface area (Å²) in [5, 5.41) is 10.8. The molecule has 0 spiro atoms.